The molecular formula is C21H39F3N5O6P3. The molecule has 0 aromatic carbocycles. The lowest BCUT2D eigenvalue weighted by Crippen LogP contribution is -2.46. The molecule has 0 aliphatic carbocycles. The third-order valence-corrected chi connectivity index (χ3v) is 8.63. The molecule has 0 radical (unpaired) electrons. The molecule has 220 valence electrons. The van der Waals surface area contributed by atoms with Crippen molar-refractivity contribution in [1.29, 1.82) is 0 Å². The summed E-state index contributed by atoms with van der Waals surface area (Å²) < 4.78 is 75.2. The zero-order chi connectivity index (χ0) is 28.8. The van der Waals surface area contributed by atoms with Crippen LogP contribution in [-0.4, -0.2) is 130 Å². The Morgan fingerprint density at radius 1 is 0.711 bits per heavy atom. The summed E-state index contributed by atoms with van der Waals surface area (Å²) in [6.07, 6.45) is -3.94. The Bertz CT molecular complexity index is 990. The number of hydrogen-bond acceptors (Lipinski definition) is 8. The minimum absolute atomic E-state index is 0.0772. The second-order valence-corrected chi connectivity index (χ2v) is 17.4. The van der Waals surface area contributed by atoms with Crippen molar-refractivity contribution in [2.75, 3.05) is 91.2 Å². The Kier molecular flexibility index (Phi) is 12.2. The van der Waals surface area contributed by atoms with Gasteiger partial charge in [0.1, 0.15) is 0 Å². The van der Waals surface area contributed by atoms with E-state index < -0.39 is 33.8 Å². The first-order valence-electron chi connectivity index (χ1n) is 12.1. The van der Waals surface area contributed by atoms with E-state index >= 15 is 0 Å². The van der Waals surface area contributed by atoms with Gasteiger partial charge in [0.25, 0.3) is 0 Å². The monoisotopic (exact) mass is 607 g/mol. The molecule has 0 saturated carbocycles. The number of nitrogens with zero attached hydrogens (tertiary/aromatic N) is 5. The summed E-state index contributed by atoms with van der Waals surface area (Å²) >= 11 is 0. The van der Waals surface area contributed by atoms with Crippen molar-refractivity contribution in [3.8, 4) is 0 Å². The van der Waals surface area contributed by atoms with E-state index in [1.54, 1.807) is 14.7 Å². The minimum atomic E-state index is -4.49. The highest BCUT2D eigenvalue weighted by atomic mass is 31.2. The van der Waals surface area contributed by atoms with Gasteiger partial charge in [-0.1, -0.05) is 0 Å². The number of pyridine rings is 1. The highest BCUT2D eigenvalue weighted by molar-refractivity contribution is 7.57. The number of hydrogen-bond donors (Lipinski definition) is 3. The van der Waals surface area contributed by atoms with Gasteiger partial charge >= 0.3 is 6.18 Å². The van der Waals surface area contributed by atoms with Crippen molar-refractivity contribution < 1.29 is 41.5 Å². The molecule has 1 fully saturated rings. The predicted molar refractivity (Wildman–Crippen MR) is 141 cm³/mol. The van der Waals surface area contributed by atoms with Gasteiger partial charge in [-0.05, 0) is 12.1 Å². The summed E-state index contributed by atoms with van der Waals surface area (Å²) in [5, 5.41) is 0. The first kappa shape index (κ1) is 33.6. The van der Waals surface area contributed by atoms with Crippen LogP contribution in [0.4, 0.5) is 13.2 Å². The second kappa shape index (κ2) is 13.8. The van der Waals surface area contributed by atoms with Crippen LogP contribution in [0.25, 0.3) is 0 Å². The molecule has 3 atom stereocenters. The van der Waals surface area contributed by atoms with Crippen molar-refractivity contribution in [2.24, 2.45) is 0 Å². The molecule has 0 amide bonds. The van der Waals surface area contributed by atoms with Gasteiger partial charge in [-0.15, -0.1) is 0 Å². The lowest BCUT2D eigenvalue weighted by molar-refractivity contribution is -0.137. The van der Waals surface area contributed by atoms with Crippen LogP contribution >= 0.6 is 22.1 Å². The molecule has 1 aromatic rings. The SMILES string of the molecule is CP(=O)(O)CN1CCN(Cc2ccc(C(F)(F)F)cn2)CCN(CP(C)(=O)O)CCN(CP(C)(=O)O)CC1. The van der Waals surface area contributed by atoms with E-state index in [2.05, 4.69) is 4.98 Å². The molecule has 1 aromatic heterocycles. The van der Waals surface area contributed by atoms with Gasteiger partial charge in [0.15, 0.2) is 0 Å². The van der Waals surface area contributed by atoms with Crippen LogP contribution in [0.5, 0.6) is 0 Å². The fourth-order valence-corrected chi connectivity index (χ4v) is 7.26. The summed E-state index contributed by atoms with van der Waals surface area (Å²) in [5.41, 5.74) is -0.428. The van der Waals surface area contributed by atoms with Gasteiger partial charge in [0, 0.05) is 85.1 Å². The van der Waals surface area contributed by atoms with E-state index in [1.807, 2.05) is 4.90 Å². The number of rotatable bonds is 8. The maximum absolute atomic E-state index is 12.9. The molecule has 1 aliphatic heterocycles. The predicted octanol–water partition coefficient (Wildman–Crippen LogP) is 2.40. The first-order chi connectivity index (χ1) is 17.3. The van der Waals surface area contributed by atoms with Crippen molar-refractivity contribution in [2.45, 2.75) is 12.7 Å². The summed E-state index contributed by atoms with van der Waals surface area (Å²) in [4.78, 5) is 41.2. The molecule has 38 heavy (non-hydrogen) atoms. The molecule has 2 rings (SSSR count). The fraction of sp³-hybridized carbons (Fsp3) is 0.762. The van der Waals surface area contributed by atoms with Gasteiger partial charge in [-0.2, -0.15) is 13.2 Å². The van der Waals surface area contributed by atoms with E-state index in [0.29, 0.717) is 58.1 Å². The van der Waals surface area contributed by atoms with E-state index in [1.165, 1.54) is 26.1 Å². The molecule has 3 unspecified atom stereocenters. The van der Waals surface area contributed by atoms with Gasteiger partial charge in [-0.3, -0.25) is 38.3 Å². The average molecular weight is 607 g/mol. The Hall–Kier alpha value is -0.650. The van der Waals surface area contributed by atoms with Crippen molar-refractivity contribution in [3.05, 3.63) is 29.6 Å². The van der Waals surface area contributed by atoms with E-state index in [9.17, 15) is 41.5 Å². The van der Waals surface area contributed by atoms with Gasteiger partial charge in [0.2, 0.25) is 22.1 Å². The topological polar surface area (TPSA) is 138 Å². The van der Waals surface area contributed by atoms with E-state index in [-0.39, 0.29) is 25.4 Å². The van der Waals surface area contributed by atoms with Crippen LogP contribution in [0, 0.1) is 0 Å². The summed E-state index contributed by atoms with van der Waals surface area (Å²) in [7, 11) is -10.2. The van der Waals surface area contributed by atoms with Crippen molar-refractivity contribution >= 4 is 22.1 Å². The third-order valence-electron chi connectivity index (χ3n) is 5.85. The molecule has 1 saturated heterocycles. The molecule has 1 aliphatic rings. The lowest BCUT2D eigenvalue weighted by Gasteiger charge is -2.35. The van der Waals surface area contributed by atoms with Gasteiger partial charge in [-0.25, -0.2) is 0 Å². The van der Waals surface area contributed by atoms with Crippen LogP contribution in [0.15, 0.2) is 18.3 Å². The molecule has 17 heteroatoms. The van der Waals surface area contributed by atoms with Gasteiger partial charge < -0.3 is 14.7 Å². The summed E-state index contributed by atoms with van der Waals surface area (Å²) in [6.45, 7) is 6.89. The minimum Gasteiger partial charge on any atom is -0.344 e. The smallest absolute Gasteiger partial charge is 0.344 e. The van der Waals surface area contributed by atoms with Crippen LogP contribution < -0.4 is 0 Å². The zero-order valence-corrected chi connectivity index (χ0v) is 24.7. The number of alkyl halides is 3. The van der Waals surface area contributed by atoms with Crippen molar-refractivity contribution in [1.82, 2.24) is 24.6 Å². The highest BCUT2D eigenvalue weighted by Gasteiger charge is 2.31. The molecular weight excluding hydrogens is 568 g/mol. The highest BCUT2D eigenvalue weighted by Crippen LogP contribution is 2.38. The third kappa shape index (κ3) is 14.1. The van der Waals surface area contributed by atoms with Crippen LogP contribution in [0.3, 0.4) is 0 Å². The maximum atomic E-state index is 12.9. The molecule has 0 bridgehead atoms. The molecule has 11 nitrogen and oxygen atoms in total. The zero-order valence-electron chi connectivity index (χ0n) is 22.0. The van der Waals surface area contributed by atoms with Crippen molar-refractivity contribution in [3.63, 3.8) is 0 Å². The summed E-state index contributed by atoms with van der Waals surface area (Å²) in [6, 6.07) is 2.28. The van der Waals surface area contributed by atoms with Gasteiger partial charge in [0.05, 0.1) is 30.1 Å². The maximum Gasteiger partial charge on any atom is 0.417 e. The van der Waals surface area contributed by atoms with Crippen LogP contribution in [-0.2, 0) is 26.4 Å². The normalized spacial score (nSPS) is 23.5. The number of aromatic nitrogens is 1. The fourth-order valence-electron chi connectivity index (χ4n) is 4.19. The quantitative estimate of drug-likeness (QED) is 0.376. The molecule has 3 N–H and O–H groups in total. The Morgan fingerprint density at radius 2 is 1.05 bits per heavy atom. The van der Waals surface area contributed by atoms with E-state index in [4.69, 9.17) is 0 Å². The number of halogens is 3. The standard InChI is InChI=1S/C21H39F3N5O6P3/c1-36(30,31)16-27-8-6-26(15-20-5-4-19(14-25-20)21(22,23)24)7-9-28(17-37(2,32)33)11-13-29(12-10-27)18-38(3,34)35/h4-5,14H,6-13,15-18H2,1-3H3,(H,30,31)(H,32,33)(H,34,35). The second-order valence-electron chi connectivity index (χ2n) is 10.2. The Balaban J connectivity index is 2.26. The largest absolute Gasteiger partial charge is 0.417 e. The average Bonchev–Trinajstić information content (AvgIpc) is 2.72. The van der Waals surface area contributed by atoms with E-state index in [0.717, 1.165) is 12.3 Å². The van der Waals surface area contributed by atoms with Crippen LogP contribution in [0.1, 0.15) is 11.3 Å². The van der Waals surface area contributed by atoms with Crippen LogP contribution in [0.2, 0.25) is 0 Å². The Morgan fingerprint density at radius 3 is 1.32 bits per heavy atom. The molecule has 2 heterocycles. The lowest BCUT2D eigenvalue weighted by atomic mass is 10.2. The Labute approximate surface area is 222 Å². The first-order valence-corrected chi connectivity index (χ1v) is 19.0. The molecule has 0 spiro atoms. The summed E-state index contributed by atoms with van der Waals surface area (Å²) in [5.74, 6) is 0.